The Labute approximate surface area is 145 Å². The fraction of sp³-hybridized carbons (Fsp3) is 0.0526. The van der Waals surface area contributed by atoms with Gasteiger partial charge in [-0.3, -0.25) is 4.79 Å². The largest absolute Gasteiger partial charge is 0.416 e. The van der Waals surface area contributed by atoms with Crippen LogP contribution in [0.15, 0.2) is 59.4 Å². The van der Waals surface area contributed by atoms with Gasteiger partial charge in [0.05, 0.1) is 5.56 Å². The van der Waals surface area contributed by atoms with E-state index in [1.807, 2.05) is 0 Å². The molecule has 1 N–H and O–H groups in total. The highest BCUT2D eigenvalue weighted by Gasteiger charge is 2.31. The Morgan fingerprint density at radius 1 is 0.962 bits per heavy atom. The van der Waals surface area contributed by atoms with E-state index >= 15 is 0 Å². The van der Waals surface area contributed by atoms with Crippen molar-refractivity contribution in [1.29, 1.82) is 5.26 Å². The van der Waals surface area contributed by atoms with E-state index in [1.165, 1.54) is 6.07 Å². The minimum atomic E-state index is -4.68. The molecule has 0 aliphatic carbocycles. The van der Waals surface area contributed by atoms with Crippen LogP contribution in [-0.4, -0.2) is 4.98 Å². The summed E-state index contributed by atoms with van der Waals surface area (Å²) in [5.74, 6) is -0.959. The van der Waals surface area contributed by atoms with Crippen LogP contribution < -0.4 is 5.56 Å². The summed E-state index contributed by atoms with van der Waals surface area (Å²) in [6.07, 6.45) is -4.68. The smallest absolute Gasteiger partial charge is 0.321 e. The lowest BCUT2D eigenvalue weighted by Gasteiger charge is -2.12. The van der Waals surface area contributed by atoms with Crippen LogP contribution in [-0.2, 0) is 6.18 Å². The number of nitrogens with zero attached hydrogens (tertiary/aromatic N) is 1. The van der Waals surface area contributed by atoms with Crippen molar-refractivity contribution in [3.8, 4) is 28.5 Å². The fourth-order valence-electron chi connectivity index (χ4n) is 2.56. The molecule has 0 amide bonds. The van der Waals surface area contributed by atoms with E-state index in [4.69, 9.17) is 0 Å². The van der Waals surface area contributed by atoms with E-state index < -0.39 is 34.2 Å². The molecule has 130 valence electrons. The molecule has 0 atom stereocenters. The number of nitrogens with one attached hydrogen (secondary N) is 1. The summed E-state index contributed by atoms with van der Waals surface area (Å²) in [5, 5.41) is 9.23. The number of benzene rings is 2. The molecule has 3 nitrogen and oxygen atoms in total. The predicted octanol–water partition coefficient (Wildman–Crippen LogP) is 4.74. The molecule has 0 fully saturated rings. The van der Waals surface area contributed by atoms with Crippen molar-refractivity contribution < 1.29 is 17.6 Å². The van der Waals surface area contributed by atoms with Crippen LogP contribution in [0.5, 0.6) is 0 Å². The van der Waals surface area contributed by atoms with E-state index in [0.29, 0.717) is 23.8 Å². The number of hydrogen-bond donors (Lipinski definition) is 1. The molecule has 1 heterocycles. The molecule has 2 aromatic carbocycles. The monoisotopic (exact) mass is 358 g/mol. The maximum absolute atomic E-state index is 14.2. The molecule has 0 saturated heterocycles. The lowest BCUT2D eigenvalue weighted by Crippen LogP contribution is -2.13. The molecule has 0 aliphatic rings. The van der Waals surface area contributed by atoms with Crippen molar-refractivity contribution in [2.45, 2.75) is 6.18 Å². The van der Waals surface area contributed by atoms with Crippen molar-refractivity contribution in [3.05, 3.63) is 81.9 Å². The van der Waals surface area contributed by atoms with Gasteiger partial charge in [0.25, 0.3) is 5.56 Å². The minimum Gasteiger partial charge on any atom is -0.321 e. The SMILES string of the molecule is N#Cc1c(-c2cc(C(F)(F)F)ccc2F)cc(-c2ccccc2)[nH]c1=O. The second-order valence-electron chi connectivity index (χ2n) is 5.47. The topological polar surface area (TPSA) is 56.6 Å². The number of alkyl halides is 3. The van der Waals surface area contributed by atoms with E-state index in [-0.39, 0.29) is 11.3 Å². The average molecular weight is 358 g/mol. The Balaban J connectivity index is 2.30. The van der Waals surface area contributed by atoms with Crippen LogP contribution >= 0.6 is 0 Å². The highest BCUT2D eigenvalue weighted by molar-refractivity contribution is 5.76. The summed E-state index contributed by atoms with van der Waals surface area (Å²) in [6, 6.07) is 13.3. The zero-order valence-electron chi connectivity index (χ0n) is 13.1. The van der Waals surface area contributed by atoms with Crippen LogP contribution in [0.1, 0.15) is 11.1 Å². The lowest BCUT2D eigenvalue weighted by atomic mass is 9.97. The molecule has 0 unspecified atom stereocenters. The van der Waals surface area contributed by atoms with Gasteiger partial charge in [-0.1, -0.05) is 30.3 Å². The van der Waals surface area contributed by atoms with E-state index in [1.54, 1.807) is 36.4 Å². The van der Waals surface area contributed by atoms with E-state index in [9.17, 15) is 27.6 Å². The molecule has 0 spiro atoms. The highest BCUT2D eigenvalue weighted by Crippen LogP contribution is 2.35. The number of aromatic amines is 1. The standard InChI is InChI=1S/C19H10F4N2O/c20-16-7-6-12(19(21,22)23)8-14(16)13-9-17(11-4-2-1-3-5-11)25-18(26)15(13)10-24/h1-9H,(H,25,26). The van der Waals surface area contributed by atoms with E-state index in [0.717, 1.165) is 0 Å². The number of rotatable bonds is 2. The number of H-pyrrole nitrogens is 1. The molecule has 3 rings (SSSR count). The molecular formula is C19H10F4N2O. The fourth-order valence-corrected chi connectivity index (χ4v) is 2.56. The molecule has 0 aliphatic heterocycles. The summed E-state index contributed by atoms with van der Waals surface area (Å²) >= 11 is 0. The van der Waals surface area contributed by atoms with E-state index in [2.05, 4.69) is 4.98 Å². The van der Waals surface area contributed by atoms with Crippen LogP contribution in [0.25, 0.3) is 22.4 Å². The van der Waals surface area contributed by atoms with Gasteiger partial charge < -0.3 is 4.98 Å². The summed E-state index contributed by atoms with van der Waals surface area (Å²) in [6.45, 7) is 0. The van der Waals surface area contributed by atoms with Gasteiger partial charge in [-0.2, -0.15) is 18.4 Å². The van der Waals surface area contributed by atoms with Crippen molar-refractivity contribution in [1.82, 2.24) is 4.98 Å². The van der Waals surface area contributed by atoms with Gasteiger partial charge in [-0.05, 0) is 29.8 Å². The third-order valence-corrected chi connectivity index (χ3v) is 3.81. The Kier molecular flexibility index (Phi) is 4.34. The molecule has 0 radical (unpaired) electrons. The van der Waals surface area contributed by atoms with Crippen LogP contribution in [0.2, 0.25) is 0 Å². The van der Waals surface area contributed by atoms with Crippen LogP contribution in [0.3, 0.4) is 0 Å². The van der Waals surface area contributed by atoms with Crippen molar-refractivity contribution in [2.75, 3.05) is 0 Å². The van der Waals surface area contributed by atoms with Gasteiger partial charge >= 0.3 is 6.18 Å². The summed E-state index contributed by atoms with van der Waals surface area (Å²) in [7, 11) is 0. The molecule has 7 heteroatoms. The van der Waals surface area contributed by atoms with Gasteiger partial charge in [-0.15, -0.1) is 0 Å². The Morgan fingerprint density at radius 2 is 1.65 bits per heavy atom. The highest BCUT2D eigenvalue weighted by atomic mass is 19.4. The second kappa shape index (κ2) is 6.48. The first kappa shape index (κ1) is 17.4. The number of pyridine rings is 1. The zero-order valence-corrected chi connectivity index (χ0v) is 13.1. The Bertz CT molecular complexity index is 1060. The summed E-state index contributed by atoms with van der Waals surface area (Å²) in [5.41, 5.74) is -2.15. The maximum Gasteiger partial charge on any atom is 0.416 e. The normalized spacial score (nSPS) is 11.2. The summed E-state index contributed by atoms with van der Waals surface area (Å²) in [4.78, 5) is 14.7. The van der Waals surface area contributed by atoms with Crippen molar-refractivity contribution in [3.63, 3.8) is 0 Å². The van der Waals surface area contributed by atoms with Gasteiger partial charge in [0.15, 0.2) is 0 Å². The van der Waals surface area contributed by atoms with Crippen molar-refractivity contribution in [2.24, 2.45) is 0 Å². The second-order valence-corrected chi connectivity index (χ2v) is 5.47. The molecule has 26 heavy (non-hydrogen) atoms. The number of nitriles is 1. The third kappa shape index (κ3) is 3.22. The molecule has 0 saturated carbocycles. The van der Waals surface area contributed by atoms with Gasteiger partial charge in [0.2, 0.25) is 0 Å². The lowest BCUT2D eigenvalue weighted by molar-refractivity contribution is -0.137. The minimum absolute atomic E-state index is 0.196. The Morgan fingerprint density at radius 3 is 2.27 bits per heavy atom. The van der Waals surface area contributed by atoms with Crippen LogP contribution in [0, 0.1) is 17.1 Å². The average Bonchev–Trinajstić information content (AvgIpc) is 2.61. The quantitative estimate of drug-likeness (QED) is 0.673. The first-order valence-corrected chi connectivity index (χ1v) is 7.41. The van der Waals surface area contributed by atoms with Gasteiger partial charge in [0.1, 0.15) is 17.4 Å². The van der Waals surface area contributed by atoms with Crippen molar-refractivity contribution >= 4 is 0 Å². The van der Waals surface area contributed by atoms with Gasteiger partial charge in [-0.25, -0.2) is 4.39 Å². The Hall–Kier alpha value is -3.40. The summed E-state index contributed by atoms with van der Waals surface area (Å²) < 4.78 is 53.1. The molecule has 0 bridgehead atoms. The van der Waals surface area contributed by atoms with Crippen LogP contribution in [0.4, 0.5) is 17.6 Å². The van der Waals surface area contributed by atoms with Gasteiger partial charge in [0, 0.05) is 16.8 Å². The third-order valence-electron chi connectivity index (χ3n) is 3.81. The first-order valence-electron chi connectivity index (χ1n) is 7.41. The molecule has 1 aromatic heterocycles. The predicted molar refractivity (Wildman–Crippen MR) is 87.6 cm³/mol. The zero-order chi connectivity index (χ0) is 18.9. The number of halogens is 4. The maximum atomic E-state index is 14.2. The number of aromatic nitrogens is 1. The first-order chi connectivity index (χ1) is 12.3. The molecule has 3 aromatic rings. The number of hydrogen-bond acceptors (Lipinski definition) is 2. The molecular weight excluding hydrogens is 348 g/mol.